The maximum absolute atomic E-state index is 12.7. The molecule has 0 aromatic heterocycles. The molecule has 2 atom stereocenters. The van der Waals surface area contributed by atoms with Gasteiger partial charge in [0, 0.05) is 12.8 Å². The van der Waals surface area contributed by atoms with Crippen molar-refractivity contribution in [3.8, 4) is 0 Å². The van der Waals surface area contributed by atoms with Crippen LogP contribution in [0.25, 0.3) is 0 Å². The third-order valence-corrected chi connectivity index (χ3v) is 8.78. The molecule has 0 saturated heterocycles. The highest BCUT2D eigenvalue weighted by atomic mass is 16.7. The van der Waals surface area contributed by atoms with Crippen LogP contribution in [0.4, 0.5) is 0 Å². The van der Waals surface area contributed by atoms with Crippen LogP contribution >= 0.6 is 0 Å². The molecule has 55 heavy (non-hydrogen) atoms. The van der Waals surface area contributed by atoms with Crippen molar-refractivity contribution in [3.05, 3.63) is 60.8 Å². The number of nitrogens with zero attached hydrogens (tertiary/aromatic N) is 1. The van der Waals surface area contributed by atoms with E-state index in [0.29, 0.717) is 23.9 Å². The van der Waals surface area contributed by atoms with Gasteiger partial charge in [0.25, 0.3) is 0 Å². The Bertz CT molecular complexity index is 1090. The summed E-state index contributed by atoms with van der Waals surface area (Å²) in [5.41, 5.74) is 0. The van der Waals surface area contributed by atoms with E-state index in [4.69, 9.17) is 18.9 Å². The van der Waals surface area contributed by atoms with Gasteiger partial charge in [-0.1, -0.05) is 152 Å². The molecule has 0 aliphatic rings. The van der Waals surface area contributed by atoms with Crippen LogP contribution in [0, 0.1) is 0 Å². The first-order valence-electron chi connectivity index (χ1n) is 21.4. The molecule has 0 aromatic carbocycles. The van der Waals surface area contributed by atoms with E-state index >= 15 is 0 Å². The molecule has 9 heteroatoms. The molecule has 0 aliphatic heterocycles. The van der Waals surface area contributed by atoms with E-state index in [1.165, 1.54) is 64.2 Å². The molecular formula is C46H79NO8. The third-order valence-electron chi connectivity index (χ3n) is 8.78. The Hall–Kier alpha value is -3.01. The van der Waals surface area contributed by atoms with E-state index in [1.54, 1.807) is 0 Å². The fourth-order valence-corrected chi connectivity index (χ4v) is 5.45. The number of likely N-dealkylation sites (N-methyl/N-ethyl adjacent to an activating group) is 1. The number of carbonyl (C=O) groups excluding carboxylic acids is 3. The quantitative estimate of drug-likeness (QED) is 0.0201. The van der Waals surface area contributed by atoms with Crippen LogP contribution in [0.1, 0.15) is 155 Å². The predicted molar refractivity (Wildman–Crippen MR) is 223 cm³/mol. The normalized spacial score (nSPS) is 13.5. The lowest BCUT2D eigenvalue weighted by atomic mass is 10.0. The van der Waals surface area contributed by atoms with E-state index in [2.05, 4.69) is 68.5 Å². The fourth-order valence-electron chi connectivity index (χ4n) is 5.45. The molecule has 0 bridgehead atoms. The lowest BCUT2D eigenvalue weighted by Gasteiger charge is -2.26. The minimum Gasteiger partial charge on any atom is -0.545 e. The fraction of sp³-hybridized carbons (Fsp3) is 0.717. The zero-order valence-corrected chi connectivity index (χ0v) is 35.5. The molecule has 0 rings (SSSR count). The Morgan fingerprint density at radius 2 is 1.04 bits per heavy atom. The highest BCUT2D eigenvalue weighted by Crippen LogP contribution is 2.14. The number of hydrogen-bond donors (Lipinski definition) is 0. The Labute approximate surface area is 335 Å². The molecule has 0 aliphatic carbocycles. The van der Waals surface area contributed by atoms with Crippen molar-refractivity contribution in [2.75, 3.05) is 47.5 Å². The lowest BCUT2D eigenvalue weighted by molar-refractivity contribution is -0.870. The zero-order valence-electron chi connectivity index (χ0n) is 35.5. The summed E-state index contributed by atoms with van der Waals surface area (Å²) >= 11 is 0. The standard InChI is InChI=1S/C46H79NO8/c1-6-8-10-12-14-16-18-20-21-22-23-25-27-29-31-33-35-37-44(49)55-42(41-54-46(45(50)51)52-39-38-47(3,4)5)40-53-43(48)36-34-32-30-28-26-24-19-17-15-13-11-9-7-2/h8,10,14,16,20-21,23,25,29,31,42,46H,6-7,9,11-13,15,17-19,22,24,26-28,30,32-41H2,1-5H3/b10-8-,16-14-,21-20-,25-23-,31-29-. The number of esters is 2. The van der Waals surface area contributed by atoms with Gasteiger partial charge in [-0.05, 0) is 51.4 Å². The largest absolute Gasteiger partial charge is 0.545 e. The van der Waals surface area contributed by atoms with Gasteiger partial charge >= 0.3 is 11.9 Å². The van der Waals surface area contributed by atoms with Gasteiger partial charge < -0.3 is 33.3 Å². The van der Waals surface area contributed by atoms with Crippen molar-refractivity contribution in [1.82, 2.24) is 0 Å². The second kappa shape index (κ2) is 37.9. The van der Waals surface area contributed by atoms with Crippen LogP contribution in [0.15, 0.2) is 60.8 Å². The summed E-state index contributed by atoms with van der Waals surface area (Å²) in [5.74, 6) is -2.37. The molecule has 2 unspecified atom stereocenters. The summed E-state index contributed by atoms with van der Waals surface area (Å²) < 4.78 is 22.4. The van der Waals surface area contributed by atoms with Crippen molar-refractivity contribution in [3.63, 3.8) is 0 Å². The summed E-state index contributed by atoms with van der Waals surface area (Å²) in [7, 11) is 5.88. The van der Waals surface area contributed by atoms with E-state index < -0.39 is 24.3 Å². The Morgan fingerprint density at radius 1 is 0.564 bits per heavy atom. The highest BCUT2D eigenvalue weighted by molar-refractivity contribution is 5.70. The van der Waals surface area contributed by atoms with E-state index in [9.17, 15) is 19.5 Å². The van der Waals surface area contributed by atoms with Crippen LogP contribution in [0.3, 0.4) is 0 Å². The monoisotopic (exact) mass is 774 g/mol. The average Bonchev–Trinajstić information content (AvgIpc) is 3.14. The molecule has 0 fully saturated rings. The van der Waals surface area contributed by atoms with Crippen molar-refractivity contribution < 1.29 is 42.9 Å². The summed E-state index contributed by atoms with van der Waals surface area (Å²) in [4.78, 5) is 36.9. The van der Waals surface area contributed by atoms with Gasteiger partial charge in [0.05, 0.1) is 40.3 Å². The van der Waals surface area contributed by atoms with E-state index in [0.717, 1.165) is 51.4 Å². The number of rotatable bonds is 38. The Balaban J connectivity index is 4.58. The van der Waals surface area contributed by atoms with Gasteiger partial charge in [-0.3, -0.25) is 9.59 Å². The maximum atomic E-state index is 12.7. The molecule has 0 heterocycles. The number of carbonyl (C=O) groups is 3. The molecular weight excluding hydrogens is 695 g/mol. The lowest BCUT2D eigenvalue weighted by Crippen LogP contribution is -2.44. The Kier molecular flexibility index (Phi) is 35.8. The van der Waals surface area contributed by atoms with Crippen molar-refractivity contribution >= 4 is 17.9 Å². The maximum Gasteiger partial charge on any atom is 0.306 e. The van der Waals surface area contributed by atoms with Crippen LogP contribution in [-0.4, -0.2) is 82.3 Å². The smallest absolute Gasteiger partial charge is 0.306 e. The number of carboxylic acids is 1. The summed E-state index contributed by atoms with van der Waals surface area (Å²) in [6.07, 6.45) is 41.1. The number of hydrogen-bond acceptors (Lipinski definition) is 8. The third kappa shape index (κ3) is 39.0. The number of ether oxygens (including phenoxy) is 4. The molecule has 316 valence electrons. The van der Waals surface area contributed by atoms with Crippen molar-refractivity contribution in [2.24, 2.45) is 0 Å². The zero-order chi connectivity index (χ0) is 40.7. The van der Waals surface area contributed by atoms with E-state index in [1.807, 2.05) is 27.2 Å². The van der Waals surface area contributed by atoms with Crippen molar-refractivity contribution in [1.29, 1.82) is 0 Å². The number of carboxylic acid groups (broad SMARTS) is 1. The van der Waals surface area contributed by atoms with Gasteiger partial charge in [0.2, 0.25) is 0 Å². The first kappa shape index (κ1) is 52.0. The molecule has 0 saturated carbocycles. The van der Waals surface area contributed by atoms with Gasteiger partial charge in [0.1, 0.15) is 13.2 Å². The first-order valence-corrected chi connectivity index (χ1v) is 21.4. The summed E-state index contributed by atoms with van der Waals surface area (Å²) in [6, 6.07) is 0. The minimum atomic E-state index is -1.63. The number of allylic oxidation sites excluding steroid dienone is 10. The Morgan fingerprint density at radius 3 is 1.53 bits per heavy atom. The van der Waals surface area contributed by atoms with Gasteiger partial charge in [0.15, 0.2) is 12.4 Å². The average molecular weight is 774 g/mol. The summed E-state index contributed by atoms with van der Waals surface area (Å²) in [5, 5.41) is 11.7. The van der Waals surface area contributed by atoms with Crippen LogP contribution in [0.2, 0.25) is 0 Å². The van der Waals surface area contributed by atoms with Crippen LogP contribution in [0.5, 0.6) is 0 Å². The second-order valence-electron chi connectivity index (χ2n) is 15.3. The van der Waals surface area contributed by atoms with Gasteiger partial charge in [-0.2, -0.15) is 0 Å². The first-order chi connectivity index (χ1) is 26.6. The van der Waals surface area contributed by atoms with Crippen LogP contribution in [-0.2, 0) is 33.3 Å². The van der Waals surface area contributed by atoms with Crippen molar-refractivity contribution in [2.45, 2.75) is 167 Å². The molecule has 9 nitrogen and oxygen atoms in total. The van der Waals surface area contributed by atoms with E-state index in [-0.39, 0.29) is 38.6 Å². The number of unbranched alkanes of at least 4 members (excludes halogenated alkanes) is 13. The predicted octanol–water partition coefficient (Wildman–Crippen LogP) is 9.66. The molecule has 0 N–H and O–H groups in total. The number of aliphatic carboxylic acids is 1. The minimum absolute atomic E-state index is 0.135. The second-order valence-corrected chi connectivity index (χ2v) is 15.3. The molecule has 0 radical (unpaired) electrons. The molecule has 0 amide bonds. The topological polar surface area (TPSA) is 111 Å². The summed E-state index contributed by atoms with van der Waals surface area (Å²) in [6.45, 7) is 4.54. The van der Waals surface area contributed by atoms with Crippen LogP contribution < -0.4 is 5.11 Å². The highest BCUT2D eigenvalue weighted by Gasteiger charge is 2.21. The SMILES string of the molecule is CC/C=C\C/C=C\C/C=C\C/C=C\C/C=C\CCCC(=O)OC(COC(=O)CCCCCCCCCCCCCCC)COC(OCC[N+](C)(C)C)C(=O)[O-]. The van der Waals surface area contributed by atoms with Gasteiger partial charge in [-0.25, -0.2) is 0 Å². The molecule has 0 spiro atoms. The number of quaternary nitrogens is 1. The van der Waals surface area contributed by atoms with Gasteiger partial charge in [-0.15, -0.1) is 0 Å². The molecule has 0 aromatic rings.